The lowest BCUT2D eigenvalue weighted by Crippen LogP contribution is -2.21. The highest BCUT2D eigenvalue weighted by molar-refractivity contribution is 5.32. The van der Waals surface area contributed by atoms with Crippen LogP contribution < -0.4 is 5.32 Å². The van der Waals surface area contributed by atoms with Crippen molar-refractivity contribution in [3.05, 3.63) is 57.9 Å². The van der Waals surface area contributed by atoms with Crippen molar-refractivity contribution in [1.82, 2.24) is 15.5 Å². The SMILES string of the molecule is CCc1nnc(C)cc1C(Cc1ccc(C)c(C)c1)NC. The van der Waals surface area contributed by atoms with Gasteiger partial charge in [0.15, 0.2) is 0 Å². The summed E-state index contributed by atoms with van der Waals surface area (Å²) in [5.74, 6) is 0. The van der Waals surface area contributed by atoms with Crippen LogP contribution in [-0.4, -0.2) is 17.2 Å². The van der Waals surface area contributed by atoms with Crippen LogP contribution in [0.15, 0.2) is 24.3 Å². The molecule has 0 radical (unpaired) electrons. The summed E-state index contributed by atoms with van der Waals surface area (Å²) in [7, 11) is 2.01. The molecule has 1 N–H and O–H groups in total. The summed E-state index contributed by atoms with van der Waals surface area (Å²) < 4.78 is 0. The van der Waals surface area contributed by atoms with E-state index in [9.17, 15) is 0 Å². The molecule has 3 nitrogen and oxygen atoms in total. The van der Waals surface area contributed by atoms with E-state index >= 15 is 0 Å². The maximum Gasteiger partial charge on any atom is 0.0676 e. The van der Waals surface area contributed by atoms with Crippen molar-refractivity contribution in [2.45, 2.75) is 46.6 Å². The second-order valence-corrected chi connectivity index (χ2v) is 5.71. The normalized spacial score (nSPS) is 12.4. The third kappa shape index (κ3) is 3.67. The minimum atomic E-state index is 0.274. The molecule has 1 heterocycles. The first kappa shape index (κ1) is 15.6. The molecule has 0 saturated carbocycles. The minimum Gasteiger partial charge on any atom is -0.313 e. The summed E-state index contributed by atoms with van der Waals surface area (Å²) in [6, 6.07) is 9.14. The summed E-state index contributed by atoms with van der Waals surface area (Å²) in [6.07, 6.45) is 1.88. The van der Waals surface area contributed by atoms with Crippen molar-refractivity contribution >= 4 is 0 Å². The Hall–Kier alpha value is -1.74. The third-order valence-electron chi connectivity index (χ3n) is 4.10. The molecule has 1 aromatic heterocycles. The molecule has 0 aliphatic rings. The molecule has 0 aliphatic heterocycles. The first-order valence-electron chi connectivity index (χ1n) is 7.61. The average Bonchev–Trinajstić information content (AvgIpc) is 2.48. The lowest BCUT2D eigenvalue weighted by Gasteiger charge is -2.20. The van der Waals surface area contributed by atoms with Crippen LogP contribution in [0.4, 0.5) is 0 Å². The Morgan fingerprint density at radius 2 is 1.81 bits per heavy atom. The van der Waals surface area contributed by atoms with Gasteiger partial charge < -0.3 is 5.32 Å². The molecule has 0 saturated heterocycles. The van der Waals surface area contributed by atoms with E-state index in [1.165, 1.54) is 22.3 Å². The van der Waals surface area contributed by atoms with Gasteiger partial charge in [0, 0.05) is 6.04 Å². The van der Waals surface area contributed by atoms with E-state index < -0.39 is 0 Å². The van der Waals surface area contributed by atoms with Crippen LogP contribution in [-0.2, 0) is 12.8 Å². The molecular weight excluding hydrogens is 258 g/mol. The Bertz CT molecular complexity index is 620. The highest BCUT2D eigenvalue weighted by atomic mass is 15.1. The van der Waals surface area contributed by atoms with Crippen molar-refractivity contribution in [2.24, 2.45) is 0 Å². The molecular formula is C18H25N3. The zero-order chi connectivity index (χ0) is 15.4. The molecule has 1 atom stereocenters. The predicted molar refractivity (Wildman–Crippen MR) is 87.6 cm³/mol. The first-order valence-corrected chi connectivity index (χ1v) is 7.61. The summed E-state index contributed by atoms with van der Waals surface area (Å²) >= 11 is 0. The Morgan fingerprint density at radius 1 is 1.05 bits per heavy atom. The van der Waals surface area contributed by atoms with Crippen molar-refractivity contribution < 1.29 is 0 Å². The molecule has 0 fully saturated rings. The average molecular weight is 283 g/mol. The van der Waals surface area contributed by atoms with Gasteiger partial charge >= 0.3 is 0 Å². The number of nitrogens with one attached hydrogen (secondary N) is 1. The standard InChI is InChI=1S/C18H25N3/c1-6-17-16(10-14(4)20-21-17)18(19-5)11-15-8-7-12(2)13(3)9-15/h7-10,18-19H,6,11H2,1-5H3. The first-order chi connectivity index (χ1) is 10.0. The summed E-state index contributed by atoms with van der Waals surface area (Å²) in [5.41, 5.74) is 7.38. The second-order valence-electron chi connectivity index (χ2n) is 5.71. The van der Waals surface area contributed by atoms with E-state index in [2.05, 4.69) is 60.6 Å². The van der Waals surface area contributed by atoms with Crippen molar-refractivity contribution in [3.8, 4) is 0 Å². The van der Waals surface area contributed by atoms with E-state index in [1.807, 2.05) is 14.0 Å². The molecule has 1 aromatic carbocycles. The predicted octanol–water partition coefficient (Wildman–Crippen LogP) is 3.47. The summed E-state index contributed by atoms with van der Waals surface area (Å²) in [4.78, 5) is 0. The van der Waals surface area contributed by atoms with E-state index in [0.29, 0.717) is 0 Å². The fraction of sp³-hybridized carbons (Fsp3) is 0.444. The van der Waals surface area contributed by atoms with Gasteiger partial charge in [-0.05, 0) is 69.0 Å². The third-order valence-corrected chi connectivity index (χ3v) is 4.10. The number of rotatable bonds is 5. The van der Waals surface area contributed by atoms with Crippen molar-refractivity contribution in [1.29, 1.82) is 0 Å². The summed E-state index contributed by atoms with van der Waals surface area (Å²) in [5, 5.41) is 12.0. The molecule has 2 rings (SSSR count). The maximum absolute atomic E-state index is 4.35. The van der Waals surface area contributed by atoms with Gasteiger partial charge in [-0.3, -0.25) is 0 Å². The van der Waals surface area contributed by atoms with Gasteiger partial charge in [0.25, 0.3) is 0 Å². The van der Waals surface area contributed by atoms with E-state index in [-0.39, 0.29) is 6.04 Å². The largest absolute Gasteiger partial charge is 0.313 e. The number of hydrogen-bond donors (Lipinski definition) is 1. The molecule has 0 bridgehead atoms. The molecule has 1 unspecified atom stereocenters. The fourth-order valence-corrected chi connectivity index (χ4v) is 2.64. The van der Waals surface area contributed by atoms with Crippen molar-refractivity contribution in [3.63, 3.8) is 0 Å². The van der Waals surface area contributed by atoms with Crippen LogP contribution in [0.1, 0.15) is 46.6 Å². The number of hydrogen-bond acceptors (Lipinski definition) is 3. The topological polar surface area (TPSA) is 37.8 Å². The molecule has 0 aliphatic carbocycles. The summed E-state index contributed by atoms with van der Waals surface area (Å²) in [6.45, 7) is 8.45. The Balaban J connectivity index is 2.31. The van der Waals surface area contributed by atoms with Crippen LogP contribution in [0.25, 0.3) is 0 Å². The monoisotopic (exact) mass is 283 g/mol. The number of likely N-dealkylation sites (N-methyl/N-ethyl adjacent to an activating group) is 1. The Kier molecular flexibility index (Phi) is 5.07. The van der Waals surface area contributed by atoms with Gasteiger partial charge in [0.2, 0.25) is 0 Å². The quantitative estimate of drug-likeness (QED) is 0.913. The van der Waals surface area contributed by atoms with Crippen molar-refractivity contribution in [2.75, 3.05) is 7.05 Å². The van der Waals surface area contributed by atoms with E-state index in [4.69, 9.17) is 0 Å². The maximum atomic E-state index is 4.35. The van der Waals surface area contributed by atoms with Gasteiger partial charge in [-0.1, -0.05) is 25.1 Å². The number of aryl methyl sites for hydroxylation is 4. The molecule has 21 heavy (non-hydrogen) atoms. The molecule has 112 valence electrons. The zero-order valence-corrected chi connectivity index (χ0v) is 13.7. The van der Waals surface area contributed by atoms with Crippen LogP contribution in [0, 0.1) is 20.8 Å². The number of aromatic nitrogens is 2. The highest BCUT2D eigenvalue weighted by Gasteiger charge is 2.15. The van der Waals surface area contributed by atoms with Crippen LogP contribution in [0.5, 0.6) is 0 Å². The number of benzene rings is 1. The smallest absolute Gasteiger partial charge is 0.0676 e. The highest BCUT2D eigenvalue weighted by Crippen LogP contribution is 2.22. The van der Waals surface area contributed by atoms with Gasteiger partial charge in [-0.15, -0.1) is 0 Å². The van der Waals surface area contributed by atoms with E-state index in [0.717, 1.165) is 24.2 Å². The van der Waals surface area contributed by atoms with Crippen LogP contribution in [0.3, 0.4) is 0 Å². The molecule has 2 aromatic rings. The molecule has 0 spiro atoms. The van der Waals surface area contributed by atoms with Crippen LogP contribution in [0.2, 0.25) is 0 Å². The van der Waals surface area contributed by atoms with Gasteiger partial charge in [0.05, 0.1) is 11.4 Å². The Labute approximate surface area is 127 Å². The van der Waals surface area contributed by atoms with Gasteiger partial charge in [-0.25, -0.2) is 0 Å². The van der Waals surface area contributed by atoms with Gasteiger partial charge in [-0.2, -0.15) is 10.2 Å². The Morgan fingerprint density at radius 3 is 2.43 bits per heavy atom. The lowest BCUT2D eigenvalue weighted by atomic mass is 9.95. The van der Waals surface area contributed by atoms with Crippen LogP contribution >= 0.6 is 0 Å². The molecule has 3 heteroatoms. The second kappa shape index (κ2) is 6.81. The minimum absolute atomic E-state index is 0.274. The number of nitrogens with zero attached hydrogens (tertiary/aromatic N) is 2. The zero-order valence-electron chi connectivity index (χ0n) is 13.7. The molecule has 0 amide bonds. The van der Waals surface area contributed by atoms with Gasteiger partial charge in [0.1, 0.15) is 0 Å². The fourth-order valence-electron chi connectivity index (χ4n) is 2.64. The van der Waals surface area contributed by atoms with E-state index in [1.54, 1.807) is 0 Å². The lowest BCUT2D eigenvalue weighted by molar-refractivity contribution is 0.578.